The van der Waals surface area contributed by atoms with Crippen molar-refractivity contribution in [3.05, 3.63) is 283 Å². The van der Waals surface area contributed by atoms with Crippen molar-refractivity contribution in [3.8, 4) is 44.5 Å². The summed E-state index contributed by atoms with van der Waals surface area (Å²) in [5.41, 5.74) is 18.9. The third-order valence-electron chi connectivity index (χ3n) is 14.3. The van der Waals surface area contributed by atoms with E-state index in [0.717, 1.165) is 17.1 Å². The van der Waals surface area contributed by atoms with E-state index in [1.54, 1.807) is 0 Å². The van der Waals surface area contributed by atoms with Gasteiger partial charge < -0.3 is 4.90 Å². The largest absolute Gasteiger partial charge is 0.310 e. The molecule has 0 heterocycles. The summed E-state index contributed by atoms with van der Waals surface area (Å²) in [6.07, 6.45) is 0. The van der Waals surface area contributed by atoms with Gasteiger partial charge in [0.1, 0.15) is 0 Å². The van der Waals surface area contributed by atoms with Crippen molar-refractivity contribution >= 4 is 38.6 Å². The fourth-order valence-electron chi connectivity index (χ4n) is 11.0. The number of hydrogen-bond acceptors (Lipinski definition) is 1. The Labute approximate surface area is 400 Å². The second-order valence-corrected chi connectivity index (χ2v) is 19.2. The average Bonchev–Trinajstić information content (AvgIpc) is 3.70. The van der Waals surface area contributed by atoms with Gasteiger partial charge in [-0.05, 0) is 124 Å². The summed E-state index contributed by atoms with van der Waals surface area (Å²) in [4.78, 5) is 2.48. The number of nitrogens with zero attached hydrogens (tertiary/aromatic N) is 1. The molecule has 11 aromatic rings. The van der Waals surface area contributed by atoms with Crippen molar-refractivity contribution in [2.24, 2.45) is 0 Å². The molecule has 0 fully saturated rings. The first kappa shape index (κ1) is 41.2. The van der Waals surface area contributed by atoms with Gasteiger partial charge in [0.2, 0.25) is 0 Å². The van der Waals surface area contributed by atoms with Crippen molar-refractivity contribution < 1.29 is 0 Å². The SMILES string of the molecule is CC(C)(C)c1ccc(C2(c3ccc(-c4ccccc4)cc3)c3ccccc3-c3c(N(c4ccc(-c5cccc6ccccc56)cc4)c4ccc(-c5cccc6ccccc56)cc4)cccc32)cc1. The highest BCUT2D eigenvalue weighted by Gasteiger charge is 2.47. The Balaban J connectivity index is 1.08. The predicted octanol–water partition coefficient (Wildman–Crippen LogP) is 18.1. The van der Waals surface area contributed by atoms with Crippen molar-refractivity contribution in [2.45, 2.75) is 31.6 Å². The van der Waals surface area contributed by atoms with Crippen LogP contribution in [0.1, 0.15) is 48.6 Å². The maximum atomic E-state index is 2.48. The van der Waals surface area contributed by atoms with E-state index < -0.39 is 5.41 Å². The highest BCUT2D eigenvalue weighted by Crippen LogP contribution is 2.60. The molecule has 0 saturated carbocycles. The van der Waals surface area contributed by atoms with E-state index in [1.807, 2.05) is 0 Å². The lowest BCUT2D eigenvalue weighted by atomic mass is 9.67. The summed E-state index contributed by atoms with van der Waals surface area (Å²) in [6, 6.07) is 94.6. The zero-order valence-corrected chi connectivity index (χ0v) is 38.7. The molecule has 11 aromatic carbocycles. The molecule has 1 aliphatic rings. The van der Waals surface area contributed by atoms with Crippen LogP contribution in [0.2, 0.25) is 0 Å². The van der Waals surface area contributed by atoms with E-state index in [1.165, 1.54) is 93.9 Å². The van der Waals surface area contributed by atoms with Gasteiger partial charge in [-0.3, -0.25) is 0 Å². The number of hydrogen-bond donors (Lipinski definition) is 0. The van der Waals surface area contributed by atoms with E-state index in [0.29, 0.717) is 0 Å². The average molecular weight is 870 g/mol. The van der Waals surface area contributed by atoms with E-state index in [2.05, 4.69) is 280 Å². The summed E-state index contributed by atoms with van der Waals surface area (Å²) < 4.78 is 0. The van der Waals surface area contributed by atoms with Crippen LogP contribution in [0.5, 0.6) is 0 Å². The molecule has 0 bridgehead atoms. The first-order chi connectivity index (χ1) is 33.4. The lowest BCUT2D eigenvalue weighted by molar-refractivity contribution is 0.589. The molecule has 1 heteroatoms. The Kier molecular flexibility index (Phi) is 10.0. The lowest BCUT2D eigenvalue weighted by Crippen LogP contribution is -2.29. The number of rotatable bonds is 8. The molecular weight excluding hydrogens is 819 g/mol. The van der Waals surface area contributed by atoms with Gasteiger partial charge in [0.05, 0.1) is 11.1 Å². The van der Waals surface area contributed by atoms with E-state index in [4.69, 9.17) is 0 Å². The normalized spacial score (nSPS) is 14.2. The highest BCUT2D eigenvalue weighted by atomic mass is 15.1. The third-order valence-corrected chi connectivity index (χ3v) is 14.3. The number of anilines is 3. The summed E-state index contributed by atoms with van der Waals surface area (Å²) >= 11 is 0. The minimum Gasteiger partial charge on any atom is -0.310 e. The Morgan fingerprint density at radius 2 is 0.750 bits per heavy atom. The van der Waals surface area contributed by atoms with Gasteiger partial charge in [-0.25, -0.2) is 0 Å². The predicted molar refractivity (Wildman–Crippen MR) is 288 cm³/mol. The van der Waals surface area contributed by atoms with Gasteiger partial charge >= 0.3 is 0 Å². The molecule has 12 rings (SSSR count). The smallest absolute Gasteiger partial charge is 0.0714 e. The molecule has 0 N–H and O–H groups in total. The van der Waals surface area contributed by atoms with Crippen molar-refractivity contribution in [2.75, 3.05) is 4.90 Å². The van der Waals surface area contributed by atoms with Crippen LogP contribution >= 0.6 is 0 Å². The van der Waals surface area contributed by atoms with Gasteiger partial charge in [0, 0.05) is 16.9 Å². The molecule has 324 valence electrons. The Morgan fingerprint density at radius 3 is 1.32 bits per heavy atom. The Hall–Kier alpha value is -8.26. The fraction of sp³-hybridized carbons (Fsp3) is 0.0746. The second kappa shape index (κ2) is 16.6. The molecule has 0 radical (unpaired) electrons. The summed E-state index contributed by atoms with van der Waals surface area (Å²) in [5.74, 6) is 0. The summed E-state index contributed by atoms with van der Waals surface area (Å²) in [6.45, 7) is 6.89. The van der Waals surface area contributed by atoms with Crippen LogP contribution in [0.15, 0.2) is 255 Å². The van der Waals surface area contributed by atoms with Crippen LogP contribution in [0.4, 0.5) is 17.1 Å². The fourth-order valence-corrected chi connectivity index (χ4v) is 11.0. The van der Waals surface area contributed by atoms with Crippen LogP contribution in [0, 0.1) is 0 Å². The van der Waals surface area contributed by atoms with Crippen LogP contribution in [0.3, 0.4) is 0 Å². The Morgan fingerprint density at radius 1 is 0.324 bits per heavy atom. The van der Waals surface area contributed by atoms with Crippen LogP contribution in [-0.4, -0.2) is 0 Å². The standard InChI is InChI=1S/C67H51N/c1-66(2,3)52-38-40-54(41-39-52)67(53-36-30-47(31-37-53)46-16-5-4-6-17-46)62-27-12-11-24-61(62)65-63(67)28-15-29-64(65)68(55-42-32-50(33-43-55)59-25-13-20-48-18-7-9-22-57(48)59)56-44-34-51(35-45-56)60-26-14-21-49-19-8-10-23-58(49)60/h4-45H,1-3H3. The van der Waals surface area contributed by atoms with Gasteiger partial charge in [-0.1, -0.05) is 245 Å². The van der Waals surface area contributed by atoms with Crippen LogP contribution in [0.25, 0.3) is 66.1 Å². The van der Waals surface area contributed by atoms with E-state index in [-0.39, 0.29) is 5.41 Å². The van der Waals surface area contributed by atoms with Crippen molar-refractivity contribution in [3.63, 3.8) is 0 Å². The molecule has 0 spiro atoms. The zero-order chi connectivity index (χ0) is 45.8. The maximum Gasteiger partial charge on any atom is 0.0714 e. The molecule has 0 amide bonds. The van der Waals surface area contributed by atoms with E-state index in [9.17, 15) is 0 Å². The summed E-state index contributed by atoms with van der Waals surface area (Å²) in [7, 11) is 0. The number of fused-ring (bicyclic) bond motifs is 5. The quantitative estimate of drug-likeness (QED) is 0.147. The van der Waals surface area contributed by atoms with Crippen LogP contribution < -0.4 is 4.90 Å². The highest BCUT2D eigenvalue weighted by molar-refractivity contribution is 6.00. The first-order valence-electron chi connectivity index (χ1n) is 23.8. The molecule has 1 nitrogen and oxygen atoms in total. The van der Waals surface area contributed by atoms with Crippen molar-refractivity contribution in [1.82, 2.24) is 0 Å². The van der Waals surface area contributed by atoms with E-state index >= 15 is 0 Å². The minimum atomic E-state index is -0.588. The molecule has 1 unspecified atom stereocenters. The topological polar surface area (TPSA) is 3.24 Å². The molecule has 0 aliphatic heterocycles. The van der Waals surface area contributed by atoms with Gasteiger partial charge in [0.15, 0.2) is 0 Å². The van der Waals surface area contributed by atoms with Crippen LogP contribution in [-0.2, 0) is 10.8 Å². The lowest BCUT2D eigenvalue weighted by Gasteiger charge is -2.35. The monoisotopic (exact) mass is 869 g/mol. The Bertz CT molecular complexity index is 3480. The molecule has 68 heavy (non-hydrogen) atoms. The van der Waals surface area contributed by atoms with Gasteiger partial charge in [0.25, 0.3) is 0 Å². The molecule has 0 aromatic heterocycles. The minimum absolute atomic E-state index is 0.0223. The third kappa shape index (κ3) is 6.85. The van der Waals surface area contributed by atoms with Gasteiger partial charge in [-0.2, -0.15) is 0 Å². The molecule has 1 atom stereocenters. The summed E-state index contributed by atoms with van der Waals surface area (Å²) in [5, 5.41) is 4.99. The van der Waals surface area contributed by atoms with Crippen molar-refractivity contribution in [1.29, 1.82) is 0 Å². The first-order valence-corrected chi connectivity index (χ1v) is 23.8. The second-order valence-electron chi connectivity index (χ2n) is 19.2. The zero-order valence-electron chi connectivity index (χ0n) is 38.7. The maximum absolute atomic E-state index is 2.48. The molecule has 0 saturated heterocycles. The molecule has 1 aliphatic carbocycles. The number of benzene rings is 11. The van der Waals surface area contributed by atoms with Gasteiger partial charge in [-0.15, -0.1) is 0 Å². The molecular formula is C67H51N.